The average Bonchev–Trinajstić information content (AvgIpc) is 2.96. The first kappa shape index (κ1) is 15.6. The Bertz CT molecular complexity index is 676. The topological polar surface area (TPSA) is 50.7 Å². The fraction of sp³-hybridized carbons (Fsp3) is 0.375. The van der Waals surface area contributed by atoms with Gasteiger partial charge in [-0.1, -0.05) is 18.2 Å². The number of ether oxygens (including phenoxy) is 1. The molecule has 1 N–H and O–H groups in total. The molecule has 0 radical (unpaired) electrons. The molecule has 3 atom stereocenters. The van der Waals surface area contributed by atoms with Crippen LogP contribution in [-0.2, 0) is 21.8 Å². The summed E-state index contributed by atoms with van der Waals surface area (Å²) in [6.07, 6.45) is 0. The van der Waals surface area contributed by atoms with Crippen LogP contribution in [0.4, 0.5) is 0 Å². The lowest BCUT2D eigenvalue weighted by Crippen LogP contribution is -2.48. The Morgan fingerprint density at radius 2 is 2.14 bits per heavy atom. The number of hydrogen-bond acceptors (Lipinski definition) is 5. The first-order valence-corrected chi connectivity index (χ1v) is 10.2. The van der Waals surface area contributed by atoms with Crippen molar-refractivity contribution in [2.75, 3.05) is 6.61 Å². The molecular weight excluding hydrogens is 315 g/mol. The lowest BCUT2D eigenvalue weighted by Gasteiger charge is -2.36. The molecule has 1 aromatic rings. The summed E-state index contributed by atoms with van der Waals surface area (Å²) in [5.74, 6) is 1.82. The van der Waals surface area contributed by atoms with Gasteiger partial charge in [0.15, 0.2) is 5.71 Å². The maximum atomic E-state index is 12.3. The van der Waals surface area contributed by atoms with Crippen molar-refractivity contribution in [3.8, 4) is 0 Å². The minimum atomic E-state index is -2.10. The Labute approximate surface area is 136 Å². The van der Waals surface area contributed by atoms with Gasteiger partial charge in [0.1, 0.15) is 11.2 Å². The Morgan fingerprint density at radius 1 is 1.45 bits per heavy atom. The molecule has 0 aromatic heterocycles. The van der Waals surface area contributed by atoms with Crippen LogP contribution in [0.2, 0.25) is 0 Å². The summed E-state index contributed by atoms with van der Waals surface area (Å²) in [7, 11) is 0. The molecule has 116 valence electrons. The van der Waals surface area contributed by atoms with E-state index in [1.54, 1.807) is 6.92 Å². The highest BCUT2D eigenvalue weighted by Gasteiger charge is 2.61. The largest absolute Gasteiger partial charge is 0.545 e. The van der Waals surface area contributed by atoms with E-state index in [1.807, 2.05) is 18.2 Å². The molecule has 2 aliphatic heterocycles. The summed E-state index contributed by atoms with van der Waals surface area (Å²) in [6.45, 7) is 4.15. The molecule has 0 saturated carbocycles. The second-order valence-corrected chi connectivity index (χ2v) is 10.3. The van der Waals surface area contributed by atoms with Gasteiger partial charge in [0.05, 0.1) is 11.9 Å². The Kier molecular flexibility index (Phi) is 3.82. The number of fused-ring (bicyclic) bond motifs is 1. The minimum absolute atomic E-state index is 0.142. The molecule has 3 rings (SSSR count). The van der Waals surface area contributed by atoms with Crippen LogP contribution in [0.5, 0.6) is 0 Å². The fourth-order valence-electron chi connectivity index (χ4n) is 3.18. The van der Waals surface area contributed by atoms with Crippen molar-refractivity contribution in [3.63, 3.8) is 0 Å². The smallest absolute Gasteiger partial charge is 0.358 e. The van der Waals surface area contributed by atoms with Crippen LogP contribution in [0.1, 0.15) is 20.8 Å². The summed E-state index contributed by atoms with van der Waals surface area (Å²) >= 11 is 6.11. The predicted molar refractivity (Wildman–Crippen MR) is 93.5 cm³/mol. The number of rotatable bonds is 3. The van der Waals surface area contributed by atoms with Crippen molar-refractivity contribution in [1.82, 2.24) is 5.43 Å². The number of hydrazone groups is 1. The number of hydrogen-bond donors (Lipinski definition) is 1. The Morgan fingerprint density at radius 3 is 2.77 bits per heavy atom. The van der Waals surface area contributed by atoms with Gasteiger partial charge in [-0.3, -0.25) is 5.43 Å². The van der Waals surface area contributed by atoms with Crippen LogP contribution in [0.25, 0.3) is 0 Å². The molecule has 2 aliphatic rings. The molecule has 2 heterocycles. The van der Waals surface area contributed by atoms with Gasteiger partial charge in [-0.05, 0) is 44.9 Å². The van der Waals surface area contributed by atoms with Gasteiger partial charge in [-0.25, -0.2) is 4.79 Å². The third-order valence-electron chi connectivity index (χ3n) is 4.45. The van der Waals surface area contributed by atoms with Crippen LogP contribution < -0.4 is 10.7 Å². The SMILES string of the molecule is CCOC(=O)C1=NN[C@@]2(C)C(C)=C[P+]([S-])(c3ccccc3)[C@H]12. The Hall–Kier alpha value is -1.32. The van der Waals surface area contributed by atoms with Gasteiger partial charge < -0.3 is 17.0 Å². The second-order valence-electron chi connectivity index (χ2n) is 5.79. The number of esters is 1. The van der Waals surface area contributed by atoms with Crippen LogP contribution >= 0.6 is 6.46 Å². The van der Waals surface area contributed by atoms with Crippen molar-refractivity contribution in [3.05, 3.63) is 41.7 Å². The zero-order valence-electron chi connectivity index (χ0n) is 12.9. The van der Waals surface area contributed by atoms with E-state index in [4.69, 9.17) is 17.0 Å². The average molecular weight is 334 g/mol. The number of benzene rings is 1. The monoisotopic (exact) mass is 334 g/mol. The molecule has 1 unspecified atom stereocenters. The number of carbonyl (C=O) groups excluding carboxylic acids is 1. The zero-order valence-corrected chi connectivity index (χ0v) is 14.6. The normalized spacial score (nSPS) is 32.8. The van der Waals surface area contributed by atoms with E-state index in [0.29, 0.717) is 12.3 Å². The van der Waals surface area contributed by atoms with E-state index in [0.717, 1.165) is 10.9 Å². The quantitative estimate of drug-likeness (QED) is 0.524. The first-order chi connectivity index (χ1) is 10.4. The molecule has 1 aromatic carbocycles. The third kappa shape index (κ3) is 2.10. The summed E-state index contributed by atoms with van der Waals surface area (Å²) < 4.78 is 5.18. The summed E-state index contributed by atoms with van der Waals surface area (Å²) in [4.78, 5) is 12.3. The molecule has 22 heavy (non-hydrogen) atoms. The van der Waals surface area contributed by atoms with E-state index in [2.05, 4.69) is 42.3 Å². The van der Waals surface area contributed by atoms with E-state index in [9.17, 15) is 4.79 Å². The summed E-state index contributed by atoms with van der Waals surface area (Å²) in [5.41, 5.74) is 4.18. The van der Waals surface area contributed by atoms with Crippen LogP contribution in [0.3, 0.4) is 0 Å². The lowest BCUT2D eigenvalue weighted by molar-refractivity contribution is -0.135. The van der Waals surface area contributed by atoms with Crippen LogP contribution in [0.15, 0.2) is 46.8 Å². The van der Waals surface area contributed by atoms with Gasteiger partial charge in [0.2, 0.25) is 0 Å². The number of nitrogens with one attached hydrogen (secondary N) is 1. The summed E-state index contributed by atoms with van der Waals surface area (Å²) in [5, 5.41) is 5.40. The maximum absolute atomic E-state index is 12.3. The molecule has 0 fully saturated rings. The van der Waals surface area contributed by atoms with Gasteiger partial charge >= 0.3 is 5.97 Å². The second kappa shape index (κ2) is 5.39. The van der Waals surface area contributed by atoms with Crippen molar-refractivity contribution in [2.45, 2.75) is 32.0 Å². The van der Waals surface area contributed by atoms with E-state index in [1.165, 1.54) is 0 Å². The van der Waals surface area contributed by atoms with Crippen molar-refractivity contribution < 1.29 is 9.53 Å². The van der Waals surface area contributed by atoms with Gasteiger partial charge in [-0.15, -0.1) is 0 Å². The lowest BCUT2D eigenvalue weighted by atomic mass is 9.90. The van der Waals surface area contributed by atoms with Gasteiger partial charge in [0, 0.05) is 5.82 Å². The molecule has 0 saturated heterocycles. The van der Waals surface area contributed by atoms with Crippen molar-refractivity contribution in [1.29, 1.82) is 0 Å². The van der Waals surface area contributed by atoms with E-state index < -0.39 is 12.0 Å². The molecule has 0 bridgehead atoms. The number of carbonyl (C=O) groups is 1. The predicted octanol–water partition coefficient (Wildman–Crippen LogP) is 2.36. The molecule has 0 aliphatic carbocycles. The minimum Gasteiger partial charge on any atom is -0.545 e. The highest BCUT2D eigenvalue weighted by atomic mass is 32.7. The molecular formula is C16H19N2O2PS. The fourth-order valence-corrected chi connectivity index (χ4v) is 8.59. The zero-order chi connectivity index (χ0) is 16.0. The van der Waals surface area contributed by atoms with Crippen LogP contribution in [-0.4, -0.2) is 29.5 Å². The first-order valence-electron chi connectivity index (χ1n) is 7.30. The third-order valence-corrected chi connectivity index (χ3v) is 9.43. The van der Waals surface area contributed by atoms with Gasteiger partial charge in [-0.2, -0.15) is 5.10 Å². The summed E-state index contributed by atoms with van der Waals surface area (Å²) in [6, 6.07) is 10.1. The molecule has 4 nitrogen and oxygen atoms in total. The standard InChI is InChI=1S/C16H19N2O2PS/c1-4-20-15(19)13-14-16(3,18-17-13)11(2)10-21(14,22)12-8-6-5-7-9-12/h5-10,14,18H,4H2,1-3H3/t14-,16+,21?/m1/s1. The number of nitrogens with zero attached hydrogens (tertiary/aromatic N) is 1. The maximum Gasteiger partial charge on any atom is 0.358 e. The van der Waals surface area contributed by atoms with E-state index in [-0.39, 0.29) is 11.6 Å². The van der Waals surface area contributed by atoms with Crippen molar-refractivity contribution in [2.24, 2.45) is 5.10 Å². The molecule has 6 heteroatoms. The molecule has 0 amide bonds. The van der Waals surface area contributed by atoms with Gasteiger partial charge in [0.25, 0.3) is 0 Å². The Balaban J connectivity index is 2.08. The highest BCUT2D eigenvalue weighted by molar-refractivity contribution is 8.47. The van der Waals surface area contributed by atoms with E-state index >= 15 is 0 Å². The highest BCUT2D eigenvalue weighted by Crippen LogP contribution is 2.71. The molecule has 0 spiro atoms. The van der Waals surface area contributed by atoms with Crippen LogP contribution in [0, 0.1) is 0 Å². The van der Waals surface area contributed by atoms with Crippen molar-refractivity contribution >= 4 is 35.7 Å².